The molecule has 0 aliphatic carbocycles. The first-order chi connectivity index (χ1) is 11.2. The lowest BCUT2D eigenvalue weighted by molar-refractivity contribution is -0.121. The van der Waals surface area contributed by atoms with E-state index >= 15 is 0 Å². The zero-order valence-electron chi connectivity index (χ0n) is 13.1. The summed E-state index contributed by atoms with van der Waals surface area (Å²) in [4.78, 5) is 19.1. The number of carbonyl (C=O) groups excluding carboxylic acids is 1. The molecule has 5 heteroatoms. The third kappa shape index (κ3) is 3.03. The molecule has 1 unspecified atom stereocenters. The number of likely N-dealkylation sites (tertiary alicyclic amines) is 1. The molecule has 0 bridgehead atoms. The molecule has 2 aromatic rings. The van der Waals surface area contributed by atoms with Gasteiger partial charge in [0.15, 0.2) is 0 Å². The molecule has 4 rings (SSSR count). The van der Waals surface area contributed by atoms with Crippen LogP contribution in [0.5, 0.6) is 0 Å². The van der Waals surface area contributed by atoms with Crippen LogP contribution in [0.25, 0.3) is 0 Å². The van der Waals surface area contributed by atoms with Crippen molar-refractivity contribution in [2.24, 2.45) is 0 Å². The van der Waals surface area contributed by atoms with Crippen LogP contribution in [0.1, 0.15) is 36.3 Å². The van der Waals surface area contributed by atoms with E-state index < -0.39 is 0 Å². The second-order valence-electron chi connectivity index (χ2n) is 6.72. The monoisotopic (exact) mass is 327 g/mol. The Morgan fingerprint density at radius 3 is 2.91 bits per heavy atom. The van der Waals surface area contributed by atoms with Crippen molar-refractivity contribution >= 4 is 17.2 Å². The van der Waals surface area contributed by atoms with Gasteiger partial charge in [-0.1, -0.05) is 6.07 Å². The third-order valence-corrected chi connectivity index (χ3v) is 5.92. The average molecular weight is 327 g/mol. The molecule has 0 saturated carbocycles. The Bertz CT molecular complexity index is 663. The minimum Gasteiger partial charge on any atom is -0.350 e. The molecule has 0 aromatic carbocycles. The highest BCUT2D eigenvalue weighted by Crippen LogP contribution is 2.39. The number of nitrogens with zero attached hydrogens (tertiary/aromatic N) is 2. The van der Waals surface area contributed by atoms with E-state index in [1.54, 1.807) is 17.5 Å². The van der Waals surface area contributed by atoms with Crippen molar-refractivity contribution in [2.75, 3.05) is 13.1 Å². The Morgan fingerprint density at radius 2 is 2.22 bits per heavy atom. The van der Waals surface area contributed by atoms with Crippen molar-refractivity contribution < 1.29 is 4.79 Å². The standard InChI is InChI=1S/C18H21N3OS/c22-17-16(15-2-1-6-19-11-15)10-18(20-17)4-7-21(8-5-18)12-14-3-9-23-13-14/h1-3,6,9,11,13,16H,4-5,7-8,10,12H2,(H,20,22). The van der Waals surface area contributed by atoms with Crippen LogP contribution < -0.4 is 5.32 Å². The van der Waals surface area contributed by atoms with E-state index in [9.17, 15) is 4.79 Å². The normalized spacial score (nSPS) is 24.0. The highest BCUT2D eigenvalue weighted by molar-refractivity contribution is 7.07. The molecule has 23 heavy (non-hydrogen) atoms. The Labute approximate surface area is 140 Å². The van der Waals surface area contributed by atoms with E-state index in [0.717, 1.165) is 44.5 Å². The Balaban J connectivity index is 1.40. The average Bonchev–Trinajstić information content (AvgIpc) is 3.19. The highest BCUT2D eigenvalue weighted by atomic mass is 32.1. The maximum absolute atomic E-state index is 12.4. The number of hydrogen-bond donors (Lipinski definition) is 1. The topological polar surface area (TPSA) is 45.2 Å². The van der Waals surface area contributed by atoms with E-state index in [2.05, 4.69) is 32.0 Å². The van der Waals surface area contributed by atoms with Gasteiger partial charge in [-0.05, 0) is 53.3 Å². The van der Waals surface area contributed by atoms with Crippen molar-refractivity contribution in [3.8, 4) is 0 Å². The Kier molecular flexibility index (Phi) is 3.91. The van der Waals surface area contributed by atoms with Crippen molar-refractivity contribution in [1.82, 2.24) is 15.2 Å². The lowest BCUT2D eigenvalue weighted by Gasteiger charge is -2.39. The minimum absolute atomic E-state index is 0.0112. The smallest absolute Gasteiger partial charge is 0.228 e. The van der Waals surface area contributed by atoms with Gasteiger partial charge in [0, 0.05) is 37.6 Å². The van der Waals surface area contributed by atoms with Gasteiger partial charge in [0.1, 0.15) is 0 Å². The van der Waals surface area contributed by atoms with Crippen LogP contribution in [0.4, 0.5) is 0 Å². The number of thiophene rings is 1. The van der Waals surface area contributed by atoms with Crippen LogP contribution in [-0.4, -0.2) is 34.4 Å². The third-order valence-electron chi connectivity index (χ3n) is 5.19. The van der Waals surface area contributed by atoms with Crippen molar-refractivity contribution in [3.63, 3.8) is 0 Å². The summed E-state index contributed by atoms with van der Waals surface area (Å²) in [5, 5.41) is 7.66. The summed E-state index contributed by atoms with van der Waals surface area (Å²) in [5.74, 6) is 0.136. The van der Waals surface area contributed by atoms with E-state index in [1.807, 2.05) is 18.3 Å². The van der Waals surface area contributed by atoms with Gasteiger partial charge in [-0.25, -0.2) is 0 Å². The zero-order chi connectivity index (χ0) is 15.7. The molecule has 2 aliphatic heterocycles. The first-order valence-electron chi connectivity index (χ1n) is 8.20. The summed E-state index contributed by atoms with van der Waals surface area (Å²) in [6, 6.07) is 6.13. The summed E-state index contributed by atoms with van der Waals surface area (Å²) in [7, 11) is 0. The number of piperidine rings is 1. The van der Waals surface area contributed by atoms with Gasteiger partial charge in [0.25, 0.3) is 0 Å². The molecular formula is C18H21N3OS. The first kappa shape index (κ1) is 14.8. The largest absolute Gasteiger partial charge is 0.350 e. The summed E-state index contributed by atoms with van der Waals surface area (Å²) in [5.41, 5.74) is 2.43. The Hall–Kier alpha value is -1.72. The van der Waals surface area contributed by atoms with Crippen LogP contribution in [-0.2, 0) is 11.3 Å². The summed E-state index contributed by atoms with van der Waals surface area (Å²) in [6.45, 7) is 3.13. The van der Waals surface area contributed by atoms with Gasteiger partial charge in [-0.3, -0.25) is 14.7 Å². The van der Waals surface area contributed by atoms with E-state index in [1.165, 1.54) is 5.56 Å². The predicted octanol–water partition coefficient (Wildman–Crippen LogP) is 2.78. The molecule has 2 aromatic heterocycles. The second-order valence-corrected chi connectivity index (χ2v) is 7.50. The van der Waals surface area contributed by atoms with E-state index in [0.29, 0.717) is 0 Å². The fourth-order valence-electron chi connectivity index (χ4n) is 3.84. The SMILES string of the molecule is O=C1NC2(CCN(Cc3ccsc3)CC2)CC1c1cccnc1. The van der Waals surface area contributed by atoms with Gasteiger partial charge in [0.05, 0.1) is 5.92 Å². The molecule has 2 aliphatic rings. The zero-order valence-corrected chi connectivity index (χ0v) is 13.9. The fraction of sp³-hybridized carbons (Fsp3) is 0.444. The molecule has 4 nitrogen and oxygen atoms in total. The molecule has 1 atom stereocenters. The highest BCUT2D eigenvalue weighted by Gasteiger charge is 2.46. The molecule has 1 amide bonds. The molecule has 2 saturated heterocycles. The van der Waals surface area contributed by atoms with Crippen LogP contribution in [0.15, 0.2) is 41.4 Å². The van der Waals surface area contributed by atoms with Gasteiger partial charge < -0.3 is 5.32 Å². The van der Waals surface area contributed by atoms with E-state index in [4.69, 9.17) is 0 Å². The summed E-state index contributed by atoms with van der Waals surface area (Å²) >= 11 is 1.76. The van der Waals surface area contributed by atoms with Crippen LogP contribution in [0, 0.1) is 0 Å². The van der Waals surface area contributed by atoms with Crippen LogP contribution in [0.3, 0.4) is 0 Å². The molecule has 120 valence electrons. The quantitative estimate of drug-likeness (QED) is 0.943. The van der Waals surface area contributed by atoms with Crippen LogP contribution in [0.2, 0.25) is 0 Å². The number of hydrogen-bond acceptors (Lipinski definition) is 4. The lowest BCUT2D eigenvalue weighted by atomic mass is 9.82. The molecular weight excluding hydrogens is 306 g/mol. The van der Waals surface area contributed by atoms with Crippen molar-refractivity contribution in [3.05, 3.63) is 52.5 Å². The number of aromatic nitrogens is 1. The number of amides is 1. The number of nitrogens with one attached hydrogen (secondary N) is 1. The first-order valence-corrected chi connectivity index (χ1v) is 9.14. The summed E-state index contributed by atoms with van der Waals surface area (Å²) in [6.07, 6.45) is 6.58. The number of rotatable bonds is 3. The molecule has 0 radical (unpaired) electrons. The number of carbonyl (C=O) groups is 1. The molecule has 4 heterocycles. The maximum atomic E-state index is 12.4. The predicted molar refractivity (Wildman–Crippen MR) is 91.3 cm³/mol. The molecule has 2 fully saturated rings. The van der Waals surface area contributed by atoms with Crippen molar-refractivity contribution in [2.45, 2.75) is 37.3 Å². The Morgan fingerprint density at radius 1 is 1.35 bits per heavy atom. The lowest BCUT2D eigenvalue weighted by Crippen LogP contribution is -2.50. The molecule has 1 spiro atoms. The van der Waals surface area contributed by atoms with Gasteiger partial charge >= 0.3 is 0 Å². The van der Waals surface area contributed by atoms with Gasteiger partial charge in [-0.2, -0.15) is 11.3 Å². The minimum atomic E-state index is -0.0351. The van der Waals surface area contributed by atoms with Gasteiger partial charge in [-0.15, -0.1) is 0 Å². The second kappa shape index (κ2) is 6.06. The van der Waals surface area contributed by atoms with Crippen molar-refractivity contribution in [1.29, 1.82) is 0 Å². The molecule has 1 N–H and O–H groups in total. The maximum Gasteiger partial charge on any atom is 0.228 e. The number of pyridine rings is 1. The van der Waals surface area contributed by atoms with E-state index in [-0.39, 0.29) is 17.4 Å². The fourth-order valence-corrected chi connectivity index (χ4v) is 4.50. The van der Waals surface area contributed by atoms with Crippen LogP contribution >= 0.6 is 11.3 Å². The summed E-state index contributed by atoms with van der Waals surface area (Å²) < 4.78 is 0. The van der Waals surface area contributed by atoms with Gasteiger partial charge in [0.2, 0.25) is 5.91 Å².